The monoisotopic (exact) mass is 624 g/mol. The Morgan fingerprint density at radius 2 is 0.825 bits per heavy atom. The van der Waals surface area contributed by atoms with E-state index in [1.807, 2.05) is 68.0 Å². The third kappa shape index (κ3) is 3.84. The van der Waals surface area contributed by atoms with Crippen molar-refractivity contribution >= 4 is 107 Å². The molecule has 0 amide bonds. The normalized spacial score (nSPS) is 12.7. The van der Waals surface area contributed by atoms with Crippen LogP contribution in [0.4, 0.5) is 0 Å². The zero-order valence-corrected chi connectivity index (χ0v) is 27.0. The molecule has 196 valence electrons. The Balaban J connectivity index is 0.978. The van der Waals surface area contributed by atoms with Crippen LogP contribution in [0, 0.1) is 13.8 Å². The van der Waals surface area contributed by atoms with Crippen LogP contribution in [0.3, 0.4) is 0 Å². The fourth-order valence-electron chi connectivity index (χ4n) is 6.20. The number of fused-ring (bicyclic) bond motifs is 10. The summed E-state index contributed by atoms with van der Waals surface area (Å²) in [6, 6.07) is 23.9. The second-order valence-electron chi connectivity index (χ2n) is 10.8. The molecule has 0 unspecified atom stereocenters. The third-order valence-electron chi connectivity index (χ3n) is 8.01. The van der Waals surface area contributed by atoms with Crippen molar-refractivity contribution in [1.29, 1.82) is 0 Å². The fraction of sp³-hybridized carbons (Fsp3) is 0.176. The third-order valence-corrected chi connectivity index (χ3v) is 15.0. The van der Waals surface area contributed by atoms with Gasteiger partial charge in [0.1, 0.15) is 0 Å². The summed E-state index contributed by atoms with van der Waals surface area (Å²) in [4.78, 5) is 8.88. The van der Waals surface area contributed by atoms with Crippen molar-refractivity contribution in [1.82, 2.24) is 0 Å². The SMILES string of the molecule is Cc1cc2sc(CCc3cc4ccc5c(c4s3)-c3ccc4cc(CCc6cc7sc(C)cc7s6)sc4c3-5)cc2s1. The van der Waals surface area contributed by atoms with E-state index in [2.05, 4.69) is 74.5 Å². The van der Waals surface area contributed by atoms with Gasteiger partial charge < -0.3 is 0 Å². The molecule has 6 heterocycles. The summed E-state index contributed by atoms with van der Waals surface area (Å²) < 4.78 is 8.78. The summed E-state index contributed by atoms with van der Waals surface area (Å²) in [5, 5.41) is 2.82. The Morgan fingerprint density at radius 3 is 1.25 bits per heavy atom. The van der Waals surface area contributed by atoms with Gasteiger partial charge in [-0.1, -0.05) is 24.3 Å². The maximum atomic E-state index is 2.44. The number of hydrogen-bond donors (Lipinski definition) is 0. The van der Waals surface area contributed by atoms with Gasteiger partial charge in [0.15, 0.2) is 0 Å². The number of thiophene rings is 6. The summed E-state index contributed by atoms with van der Waals surface area (Å²) in [6.45, 7) is 4.42. The standard InChI is InChI=1S/C34H24S6/c1-17-11-27-29(35-17)15-23(37-27)7-5-21-13-19-3-9-25-31(33(19)39-21)26-10-4-20-14-22(40-34(20)32(25)26)6-8-24-16-30-28(38-24)12-18(2)36-30/h3-4,9-16H,5-8H2,1-2H3. The van der Waals surface area contributed by atoms with Crippen molar-refractivity contribution in [2.45, 2.75) is 39.5 Å². The van der Waals surface area contributed by atoms with Crippen LogP contribution in [-0.2, 0) is 25.7 Å². The molecule has 0 spiro atoms. The molecule has 1 aliphatic rings. The zero-order chi connectivity index (χ0) is 26.5. The van der Waals surface area contributed by atoms with Gasteiger partial charge in [-0.15, -0.1) is 68.0 Å². The first-order valence-corrected chi connectivity index (χ1v) is 18.5. The maximum absolute atomic E-state index is 2.44. The summed E-state index contributed by atoms with van der Waals surface area (Å²) in [7, 11) is 0. The lowest BCUT2D eigenvalue weighted by Gasteiger charge is -2.25. The second kappa shape index (κ2) is 9.09. The molecule has 2 aromatic carbocycles. The van der Waals surface area contributed by atoms with Crippen molar-refractivity contribution in [3.63, 3.8) is 0 Å². The van der Waals surface area contributed by atoms with E-state index in [9.17, 15) is 0 Å². The molecule has 0 saturated carbocycles. The molecule has 1 aliphatic carbocycles. The highest BCUT2D eigenvalue weighted by Crippen LogP contribution is 2.56. The highest BCUT2D eigenvalue weighted by molar-refractivity contribution is 7.28. The summed E-state index contributed by atoms with van der Waals surface area (Å²) >= 11 is 11.8. The van der Waals surface area contributed by atoms with E-state index in [1.54, 1.807) is 0 Å². The van der Waals surface area contributed by atoms with Crippen LogP contribution in [0.2, 0.25) is 0 Å². The van der Waals surface area contributed by atoms with Crippen molar-refractivity contribution in [2.24, 2.45) is 0 Å². The largest absolute Gasteiger partial charge is 0.140 e. The van der Waals surface area contributed by atoms with Crippen LogP contribution < -0.4 is 0 Å². The van der Waals surface area contributed by atoms with Gasteiger partial charge in [0.25, 0.3) is 0 Å². The van der Waals surface area contributed by atoms with E-state index >= 15 is 0 Å². The minimum Gasteiger partial charge on any atom is -0.140 e. The van der Waals surface area contributed by atoms with Gasteiger partial charge in [-0.2, -0.15) is 0 Å². The lowest BCUT2D eigenvalue weighted by atomic mass is 9.79. The van der Waals surface area contributed by atoms with Crippen LogP contribution in [0.25, 0.3) is 61.2 Å². The molecule has 0 bridgehead atoms. The van der Waals surface area contributed by atoms with Gasteiger partial charge >= 0.3 is 0 Å². The molecule has 0 N–H and O–H groups in total. The average molecular weight is 625 g/mol. The lowest BCUT2D eigenvalue weighted by Crippen LogP contribution is -1.98. The fourth-order valence-corrected chi connectivity index (χ4v) is 13.3. The van der Waals surface area contributed by atoms with E-state index in [-0.39, 0.29) is 0 Å². The molecule has 8 aromatic rings. The van der Waals surface area contributed by atoms with E-state index < -0.39 is 0 Å². The van der Waals surface area contributed by atoms with Gasteiger partial charge in [-0.05, 0) is 97.8 Å². The number of benzene rings is 2. The van der Waals surface area contributed by atoms with Crippen molar-refractivity contribution in [2.75, 3.05) is 0 Å². The molecule has 40 heavy (non-hydrogen) atoms. The molecule has 0 saturated heterocycles. The minimum atomic E-state index is 1.13. The van der Waals surface area contributed by atoms with E-state index in [1.165, 1.54) is 90.5 Å². The minimum absolute atomic E-state index is 1.13. The number of rotatable bonds is 6. The Hall–Kier alpha value is -2.32. The highest BCUT2D eigenvalue weighted by atomic mass is 32.1. The van der Waals surface area contributed by atoms with Crippen LogP contribution in [0.5, 0.6) is 0 Å². The van der Waals surface area contributed by atoms with E-state index in [4.69, 9.17) is 0 Å². The molecule has 6 aromatic heterocycles. The summed E-state index contributed by atoms with van der Waals surface area (Å²) in [5.41, 5.74) is 5.89. The van der Waals surface area contributed by atoms with E-state index in [0.717, 1.165) is 25.7 Å². The first-order valence-electron chi connectivity index (χ1n) is 13.6. The van der Waals surface area contributed by atoms with Crippen molar-refractivity contribution < 1.29 is 0 Å². The number of aryl methyl sites for hydroxylation is 6. The van der Waals surface area contributed by atoms with E-state index in [0.29, 0.717) is 0 Å². The lowest BCUT2D eigenvalue weighted by molar-refractivity contribution is 1.01. The second-order valence-corrected chi connectivity index (χ2v) is 18.0. The van der Waals surface area contributed by atoms with Gasteiger partial charge in [0, 0.05) is 68.6 Å². The van der Waals surface area contributed by atoms with Gasteiger partial charge in [0.2, 0.25) is 0 Å². The molecule has 0 radical (unpaired) electrons. The first kappa shape index (κ1) is 24.3. The Morgan fingerprint density at radius 1 is 0.425 bits per heavy atom. The highest BCUT2D eigenvalue weighted by Gasteiger charge is 2.28. The Labute approximate surface area is 256 Å². The average Bonchev–Trinajstić information content (AvgIpc) is 3.73. The molecule has 0 aliphatic heterocycles. The summed E-state index contributed by atoms with van der Waals surface area (Å²) in [6.07, 6.45) is 4.53. The van der Waals surface area contributed by atoms with Gasteiger partial charge in [-0.25, -0.2) is 0 Å². The van der Waals surface area contributed by atoms with Crippen LogP contribution >= 0.6 is 68.0 Å². The molecule has 6 heteroatoms. The Bertz CT molecular complexity index is 2010. The van der Waals surface area contributed by atoms with Gasteiger partial charge in [-0.3, -0.25) is 0 Å². The molecule has 0 fully saturated rings. The van der Waals surface area contributed by atoms with Crippen molar-refractivity contribution in [3.05, 3.63) is 89.9 Å². The smallest absolute Gasteiger partial charge is 0.0456 e. The predicted octanol–water partition coefficient (Wildman–Crippen LogP) is 12.5. The molecule has 0 nitrogen and oxygen atoms in total. The molecular weight excluding hydrogens is 601 g/mol. The molecular formula is C34H24S6. The topological polar surface area (TPSA) is 0 Å². The summed E-state index contributed by atoms with van der Waals surface area (Å²) in [5.74, 6) is 0. The molecule has 0 atom stereocenters. The van der Waals surface area contributed by atoms with Gasteiger partial charge in [0.05, 0.1) is 0 Å². The van der Waals surface area contributed by atoms with Crippen LogP contribution in [-0.4, -0.2) is 0 Å². The van der Waals surface area contributed by atoms with Crippen LogP contribution in [0.15, 0.2) is 60.7 Å². The predicted molar refractivity (Wildman–Crippen MR) is 185 cm³/mol. The molecule has 9 rings (SSSR count). The van der Waals surface area contributed by atoms with Crippen LogP contribution in [0.1, 0.15) is 29.3 Å². The Kier molecular flexibility index (Phi) is 5.52. The zero-order valence-electron chi connectivity index (χ0n) is 22.1. The quantitative estimate of drug-likeness (QED) is 0.173. The first-order chi connectivity index (χ1) is 19.6. The maximum Gasteiger partial charge on any atom is 0.0456 e. The number of hydrogen-bond acceptors (Lipinski definition) is 6. The van der Waals surface area contributed by atoms with Crippen molar-refractivity contribution in [3.8, 4) is 22.3 Å².